The van der Waals surface area contributed by atoms with Crippen molar-refractivity contribution >= 4 is 11.0 Å². The van der Waals surface area contributed by atoms with Crippen molar-refractivity contribution in [3.8, 4) is 78.6 Å². The number of hydrogen-bond acceptors (Lipinski definition) is 3. The highest BCUT2D eigenvalue weighted by molar-refractivity contribution is 5.98. The maximum absolute atomic E-state index is 12.3. The first kappa shape index (κ1) is 37.7. The molecule has 312 valence electrons. The second-order valence-corrected chi connectivity index (χ2v) is 17.7. The number of fused-ring (bicyclic) bond motifs is 1. The Hall–Kier alpha value is -7.04. The summed E-state index contributed by atoms with van der Waals surface area (Å²) >= 11 is 0. The topological polar surface area (TPSA) is 50.9 Å². The molecule has 0 aliphatic carbocycles. The summed E-state index contributed by atoms with van der Waals surface area (Å²) in [5, 5.41) is 12.3. The zero-order valence-corrected chi connectivity index (χ0v) is 36.9. The minimum atomic E-state index is -2.17. The van der Waals surface area contributed by atoms with Gasteiger partial charge in [-0.2, -0.15) is 0 Å². The molecule has 9 aromatic rings. The van der Waals surface area contributed by atoms with Crippen LogP contribution in [0.2, 0.25) is 0 Å². The summed E-state index contributed by atoms with van der Waals surface area (Å²) in [7, 11) is 0. The van der Waals surface area contributed by atoms with Crippen molar-refractivity contribution in [1.29, 1.82) is 0 Å². The molecule has 0 spiro atoms. The molecular formula is C59H55N3O. The number of aryl methyl sites for hydroxylation is 1. The van der Waals surface area contributed by atoms with Gasteiger partial charge in [0.15, 0.2) is 0 Å². The van der Waals surface area contributed by atoms with E-state index in [2.05, 4.69) is 174 Å². The number of rotatable bonds is 11. The van der Waals surface area contributed by atoms with Crippen LogP contribution in [0.15, 0.2) is 170 Å². The Morgan fingerprint density at radius 2 is 1.25 bits per heavy atom. The number of imidazole rings is 1. The summed E-state index contributed by atoms with van der Waals surface area (Å²) in [6.45, 7) is 11.0. The lowest BCUT2D eigenvalue weighted by Crippen LogP contribution is -2.04. The fourth-order valence-electron chi connectivity index (χ4n) is 8.78. The van der Waals surface area contributed by atoms with E-state index in [1.807, 2.05) is 30.5 Å². The van der Waals surface area contributed by atoms with Gasteiger partial charge in [0.2, 0.25) is 0 Å². The van der Waals surface area contributed by atoms with Gasteiger partial charge in [0.25, 0.3) is 0 Å². The third-order valence-electron chi connectivity index (χ3n) is 12.1. The number of hydrogen-bond donors (Lipinski definition) is 1. The third kappa shape index (κ3) is 8.34. The smallest absolute Gasteiger partial charge is 0.149 e. The van der Waals surface area contributed by atoms with Gasteiger partial charge in [-0.3, -0.25) is 9.55 Å². The molecule has 0 atom stereocenters. The van der Waals surface area contributed by atoms with Crippen LogP contribution in [0.1, 0.15) is 79.7 Å². The summed E-state index contributed by atoms with van der Waals surface area (Å²) < 4.78 is 25.8. The van der Waals surface area contributed by atoms with Crippen molar-refractivity contribution in [3.63, 3.8) is 0 Å². The Kier molecular flexibility index (Phi) is 10.4. The molecule has 0 unspecified atom stereocenters. The van der Waals surface area contributed by atoms with E-state index < -0.39 is 6.85 Å². The minimum absolute atomic E-state index is 0.0958. The van der Waals surface area contributed by atoms with Crippen LogP contribution in [0.3, 0.4) is 0 Å². The molecule has 2 aromatic heterocycles. The monoisotopic (exact) mass is 824 g/mol. The SMILES string of the molecule is [2H]C([2H])([2H])c1ccc(-c2ccnc(-c3cc(-c4ccccc4)cc(-c4cccc5c4nc(-c4cc(C(C)C)cc(C(C)C)c4O)n5-c4ccc(-c5ccccc5)c(CC(C)C)c4)c3)c2)cc1. The highest BCUT2D eigenvalue weighted by Gasteiger charge is 2.24. The molecule has 0 aliphatic rings. The summed E-state index contributed by atoms with van der Waals surface area (Å²) in [6.07, 6.45) is 2.71. The van der Waals surface area contributed by atoms with E-state index >= 15 is 0 Å². The van der Waals surface area contributed by atoms with Gasteiger partial charge >= 0.3 is 0 Å². The largest absolute Gasteiger partial charge is 0.507 e. The van der Waals surface area contributed by atoms with E-state index in [0.29, 0.717) is 22.9 Å². The molecule has 4 nitrogen and oxygen atoms in total. The highest BCUT2D eigenvalue weighted by Crippen LogP contribution is 2.44. The Bertz CT molecular complexity index is 3190. The van der Waals surface area contributed by atoms with E-state index in [1.54, 1.807) is 12.1 Å². The van der Waals surface area contributed by atoms with Gasteiger partial charge < -0.3 is 5.11 Å². The highest BCUT2D eigenvalue weighted by atomic mass is 16.3. The molecule has 0 radical (unpaired) electrons. The first-order chi connectivity index (χ1) is 31.7. The average molecular weight is 825 g/mol. The van der Waals surface area contributed by atoms with Crippen LogP contribution in [0.5, 0.6) is 5.75 Å². The van der Waals surface area contributed by atoms with Gasteiger partial charge in [-0.25, -0.2) is 4.98 Å². The number of pyridine rings is 1. The second kappa shape index (κ2) is 17.4. The van der Waals surface area contributed by atoms with Crippen molar-refractivity contribution in [1.82, 2.24) is 14.5 Å². The Morgan fingerprint density at radius 3 is 1.95 bits per heavy atom. The summed E-state index contributed by atoms with van der Waals surface area (Å²) in [5.74, 6) is 1.69. The Morgan fingerprint density at radius 1 is 0.556 bits per heavy atom. The number of benzene rings is 7. The lowest BCUT2D eigenvalue weighted by atomic mass is 9.91. The maximum Gasteiger partial charge on any atom is 0.149 e. The van der Waals surface area contributed by atoms with Crippen LogP contribution in [0, 0.1) is 12.8 Å². The van der Waals surface area contributed by atoms with Crippen molar-refractivity contribution in [2.24, 2.45) is 5.92 Å². The predicted octanol–water partition coefficient (Wildman–Crippen LogP) is 15.9. The molecule has 4 heteroatoms. The lowest BCUT2D eigenvalue weighted by molar-refractivity contribution is 0.466. The summed E-state index contributed by atoms with van der Waals surface area (Å²) in [5.41, 5.74) is 17.0. The molecule has 0 amide bonds. The molecule has 7 aromatic carbocycles. The Labute approximate surface area is 376 Å². The van der Waals surface area contributed by atoms with Crippen LogP contribution in [-0.2, 0) is 6.42 Å². The summed E-state index contributed by atoms with van der Waals surface area (Å²) in [6, 6.07) is 56.1. The van der Waals surface area contributed by atoms with E-state index in [1.165, 1.54) is 16.7 Å². The molecule has 0 aliphatic heterocycles. The van der Waals surface area contributed by atoms with Crippen LogP contribution in [0.4, 0.5) is 0 Å². The van der Waals surface area contributed by atoms with Gasteiger partial charge in [0.1, 0.15) is 11.6 Å². The van der Waals surface area contributed by atoms with Crippen molar-refractivity contribution in [2.75, 3.05) is 0 Å². The second-order valence-electron chi connectivity index (χ2n) is 17.7. The first-order valence-corrected chi connectivity index (χ1v) is 22.1. The molecule has 2 heterocycles. The van der Waals surface area contributed by atoms with Gasteiger partial charge in [-0.1, -0.05) is 156 Å². The number of aromatic nitrogens is 3. The number of phenolic OH excluding ortho intramolecular Hbond substituents is 1. The predicted molar refractivity (Wildman–Crippen MR) is 265 cm³/mol. The number of phenols is 1. The average Bonchev–Trinajstić information content (AvgIpc) is 3.71. The molecular weight excluding hydrogens is 767 g/mol. The minimum Gasteiger partial charge on any atom is -0.507 e. The van der Waals surface area contributed by atoms with Gasteiger partial charge in [-0.05, 0) is 141 Å². The van der Waals surface area contributed by atoms with Gasteiger partial charge in [-0.15, -0.1) is 0 Å². The summed E-state index contributed by atoms with van der Waals surface area (Å²) in [4.78, 5) is 10.5. The zero-order valence-electron chi connectivity index (χ0n) is 39.9. The van der Waals surface area contributed by atoms with E-state index in [9.17, 15) is 5.11 Å². The Balaban J connectivity index is 1.29. The maximum atomic E-state index is 12.3. The fourth-order valence-corrected chi connectivity index (χ4v) is 8.78. The fraction of sp³-hybridized carbons (Fsp3) is 0.186. The lowest BCUT2D eigenvalue weighted by Gasteiger charge is -2.19. The third-order valence-corrected chi connectivity index (χ3v) is 12.1. The molecule has 0 bridgehead atoms. The number of para-hydroxylation sites is 1. The molecule has 1 N–H and O–H groups in total. The molecule has 63 heavy (non-hydrogen) atoms. The first-order valence-electron chi connectivity index (χ1n) is 23.6. The van der Waals surface area contributed by atoms with Crippen molar-refractivity contribution < 1.29 is 9.22 Å². The molecule has 0 saturated carbocycles. The quantitative estimate of drug-likeness (QED) is 0.141. The van der Waals surface area contributed by atoms with E-state index in [-0.39, 0.29) is 17.6 Å². The standard InChI is InChI=1S/C59H55N3O/c1-37(2)29-47-33-50(25-26-51(47)43-17-12-9-13-18-43)62-56-20-14-19-52(57(56)61-59(62)54-35-45(38(3)4)34-53(39(5)6)58(54)63)48-30-46(41-15-10-8-11-16-41)31-49(32-48)55-36-44(27-28-60-55)42-23-21-40(7)22-24-42/h8-28,30-39,63H,29H2,1-7H3/i7D3. The van der Waals surface area contributed by atoms with Crippen molar-refractivity contribution in [3.05, 3.63) is 192 Å². The normalized spacial score (nSPS) is 12.6. The van der Waals surface area contributed by atoms with Crippen LogP contribution in [0.25, 0.3) is 83.9 Å². The van der Waals surface area contributed by atoms with Crippen LogP contribution in [-0.4, -0.2) is 19.6 Å². The van der Waals surface area contributed by atoms with Gasteiger partial charge in [0, 0.05) is 27.1 Å². The van der Waals surface area contributed by atoms with Gasteiger partial charge in [0.05, 0.1) is 22.3 Å². The van der Waals surface area contributed by atoms with Crippen LogP contribution >= 0.6 is 0 Å². The van der Waals surface area contributed by atoms with Crippen LogP contribution < -0.4 is 0 Å². The number of nitrogens with zero attached hydrogens (tertiary/aromatic N) is 3. The molecule has 0 fully saturated rings. The molecule has 0 saturated heterocycles. The van der Waals surface area contributed by atoms with E-state index in [4.69, 9.17) is 14.1 Å². The zero-order chi connectivity index (χ0) is 46.3. The van der Waals surface area contributed by atoms with E-state index in [0.717, 1.165) is 78.9 Å². The number of aromatic hydroxyl groups is 1. The molecule has 9 rings (SSSR count). The van der Waals surface area contributed by atoms with Crippen molar-refractivity contribution in [2.45, 2.75) is 66.7 Å².